The number of anilines is 1. The van der Waals surface area contributed by atoms with Crippen molar-refractivity contribution in [3.05, 3.63) is 71.4 Å². The highest BCUT2D eigenvalue weighted by Gasteiger charge is 2.21. The van der Waals surface area contributed by atoms with Crippen LogP contribution in [0.5, 0.6) is 0 Å². The number of allylic oxidation sites excluding steroid dienone is 1. The van der Waals surface area contributed by atoms with E-state index in [1.165, 1.54) is 31.3 Å². The van der Waals surface area contributed by atoms with Gasteiger partial charge in [0, 0.05) is 58.9 Å². The minimum absolute atomic E-state index is 0. The summed E-state index contributed by atoms with van der Waals surface area (Å²) in [4.78, 5) is 22.1. The summed E-state index contributed by atoms with van der Waals surface area (Å²) in [6.07, 6.45) is 12.4. The molecule has 0 unspecified atom stereocenters. The number of nitrogens with zero attached hydrogens (tertiary/aromatic N) is 3. The lowest BCUT2D eigenvalue weighted by molar-refractivity contribution is 0.0793. The Morgan fingerprint density at radius 1 is 0.905 bits per heavy atom. The number of fused-ring (bicyclic) bond motifs is 1. The number of unbranched alkanes of at least 4 members (excludes halogenated alkanes) is 2. The maximum Gasteiger partial charge on any atom is 0.253 e. The predicted molar refractivity (Wildman–Crippen MR) is 187 cm³/mol. The molecule has 2 aromatic carbocycles. The molecular weight excluding hydrogens is 516 g/mol. The smallest absolute Gasteiger partial charge is 0.253 e. The number of amides is 1. The lowest BCUT2D eigenvalue weighted by Crippen LogP contribution is -2.27. The van der Waals surface area contributed by atoms with Crippen molar-refractivity contribution < 1.29 is 7.65 Å². The van der Waals surface area contributed by atoms with E-state index < -0.39 is 0 Å². The molecule has 2 aliphatic heterocycles. The Hall–Kier alpha value is -3.34. The molecular formula is C37H58N4O. The molecule has 4 rings (SSSR count). The van der Waals surface area contributed by atoms with Crippen LogP contribution in [0.25, 0.3) is 17.2 Å². The average Bonchev–Trinajstić information content (AvgIpc) is 3.50. The number of nitrogens with one attached hydrogen (secondary N) is 1. The molecule has 0 aliphatic carbocycles. The van der Waals surface area contributed by atoms with E-state index in [1.807, 2.05) is 17.0 Å². The molecule has 1 saturated heterocycles. The van der Waals surface area contributed by atoms with Crippen molar-refractivity contribution in [3.8, 4) is 11.1 Å². The van der Waals surface area contributed by atoms with Gasteiger partial charge in [0.15, 0.2) is 0 Å². The Kier molecular flexibility index (Phi) is 13.9. The minimum Gasteiger partial charge on any atom is -0.372 e. The van der Waals surface area contributed by atoms with E-state index in [9.17, 15) is 4.79 Å². The lowest BCUT2D eigenvalue weighted by atomic mass is 9.99. The highest BCUT2D eigenvalue weighted by atomic mass is 16.2. The summed E-state index contributed by atoms with van der Waals surface area (Å²) in [6.45, 7) is 20.1. The van der Waals surface area contributed by atoms with Crippen LogP contribution in [0.15, 0.2) is 65.3 Å². The van der Waals surface area contributed by atoms with Crippen molar-refractivity contribution in [2.75, 3.05) is 38.0 Å². The van der Waals surface area contributed by atoms with Crippen molar-refractivity contribution in [1.29, 1.82) is 0 Å². The monoisotopic (exact) mass is 574 g/mol. The second kappa shape index (κ2) is 17.6. The molecule has 5 heteroatoms. The van der Waals surface area contributed by atoms with Gasteiger partial charge >= 0.3 is 0 Å². The van der Waals surface area contributed by atoms with Gasteiger partial charge in [-0.05, 0) is 78.6 Å². The lowest BCUT2D eigenvalue weighted by Gasteiger charge is -2.28. The van der Waals surface area contributed by atoms with Crippen LogP contribution in [-0.4, -0.2) is 54.3 Å². The highest BCUT2D eigenvalue weighted by Crippen LogP contribution is 2.33. The summed E-state index contributed by atoms with van der Waals surface area (Å²) in [5.74, 6) is 1.14. The van der Waals surface area contributed by atoms with Gasteiger partial charge in [0.2, 0.25) is 0 Å². The van der Waals surface area contributed by atoms with Crippen molar-refractivity contribution >= 4 is 23.5 Å². The highest BCUT2D eigenvalue weighted by molar-refractivity contribution is 6.02. The van der Waals surface area contributed by atoms with Crippen LogP contribution < -0.4 is 5.32 Å². The van der Waals surface area contributed by atoms with Crippen molar-refractivity contribution in [2.24, 2.45) is 4.99 Å². The first-order valence-electron chi connectivity index (χ1n) is 16.4. The minimum atomic E-state index is 0. The summed E-state index contributed by atoms with van der Waals surface area (Å²) < 4.78 is 0. The molecule has 0 radical (unpaired) electrons. The van der Waals surface area contributed by atoms with Crippen LogP contribution >= 0.6 is 0 Å². The number of likely N-dealkylation sites (tertiary alicyclic amines) is 1. The summed E-state index contributed by atoms with van der Waals surface area (Å²) in [6, 6.07) is 14.6. The van der Waals surface area contributed by atoms with Gasteiger partial charge in [-0.15, -0.1) is 0 Å². The third-order valence-corrected chi connectivity index (χ3v) is 7.93. The van der Waals surface area contributed by atoms with Crippen molar-refractivity contribution in [1.82, 2.24) is 9.80 Å². The van der Waals surface area contributed by atoms with Crippen molar-refractivity contribution in [3.63, 3.8) is 0 Å². The number of carbonyl (C=O) groups is 1. The third kappa shape index (κ3) is 9.34. The van der Waals surface area contributed by atoms with E-state index in [0.29, 0.717) is 0 Å². The third-order valence-electron chi connectivity index (χ3n) is 7.93. The zero-order chi connectivity index (χ0) is 30.3. The number of rotatable bonds is 12. The second-order valence-corrected chi connectivity index (χ2v) is 11.5. The molecule has 0 bridgehead atoms. The molecule has 1 amide bonds. The van der Waals surface area contributed by atoms with Crippen LogP contribution in [0, 0.1) is 0 Å². The van der Waals surface area contributed by atoms with Gasteiger partial charge in [-0.2, -0.15) is 0 Å². The Morgan fingerprint density at radius 3 is 2.21 bits per heavy atom. The molecule has 1 fully saturated rings. The maximum atomic E-state index is 12.8. The van der Waals surface area contributed by atoms with E-state index in [2.05, 4.69) is 87.8 Å². The summed E-state index contributed by atoms with van der Waals surface area (Å²) >= 11 is 0. The summed E-state index contributed by atoms with van der Waals surface area (Å²) in [7, 11) is 0. The molecule has 232 valence electrons. The molecule has 42 heavy (non-hydrogen) atoms. The Morgan fingerprint density at radius 2 is 1.60 bits per heavy atom. The molecule has 2 heterocycles. The fourth-order valence-electron chi connectivity index (χ4n) is 5.23. The molecule has 2 aliphatic rings. The van der Waals surface area contributed by atoms with Gasteiger partial charge in [-0.3, -0.25) is 9.79 Å². The van der Waals surface area contributed by atoms with E-state index >= 15 is 0 Å². The first kappa shape index (κ1) is 33.2. The molecule has 1 N–H and O–H groups in total. The van der Waals surface area contributed by atoms with E-state index in [4.69, 9.17) is 4.99 Å². The number of hydrogen-bond acceptors (Lipinski definition) is 3. The van der Waals surface area contributed by atoms with Crippen LogP contribution in [0.2, 0.25) is 0 Å². The van der Waals surface area contributed by atoms with Gasteiger partial charge in [-0.1, -0.05) is 84.7 Å². The maximum absolute atomic E-state index is 12.8. The SMILES string of the molecule is C=C(C1=Cc2ccc(-c3ccc(C(=O)N4CCCC4)cc3)cc2NC(=NCCC)C1)N(CCC)CCCC.CCCC.[HH].[HH]. The first-order valence-corrected chi connectivity index (χ1v) is 16.4. The van der Waals surface area contributed by atoms with Crippen LogP contribution in [0.3, 0.4) is 0 Å². The van der Waals surface area contributed by atoms with Crippen LogP contribution in [0.4, 0.5) is 5.69 Å². The second-order valence-electron chi connectivity index (χ2n) is 11.5. The predicted octanol–water partition coefficient (Wildman–Crippen LogP) is 9.92. The zero-order valence-corrected chi connectivity index (χ0v) is 27.0. The average molecular weight is 575 g/mol. The molecule has 0 aromatic heterocycles. The molecule has 5 nitrogen and oxygen atoms in total. The Bertz CT molecular complexity index is 1210. The molecule has 2 aromatic rings. The van der Waals surface area contributed by atoms with Gasteiger partial charge in [0.05, 0.1) is 0 Å². The Balaban J connectivity index is 0.00000152. The molecule has 0 spiro atoms. The van der Waals surface area contributed by atoms with Gasteiger partial charge in [0.25, 0.3) is 5.91 Å². The number of amidine groups is 1. The number of hydrogen-bond donors (Lipinski definition) is 1. The molecule has 0 saturated carbocycles. The number of carbonyl (C=O) groups excluding carboxylic acids is 1. The van der Waals surface area contributed by atoms with Crippen LogP contribution in [0.1, 0.15) is 111 Å². The normalized spacial score (nSPS) is 15.2. The van der Waals surface area contributed by atoms with Gasteiger partial charge in [-0.25, -0.2) is 0 Å². The van der Waals surface area contributed by atoms with E-state index in [1.54, 1.807) is 0 Å². The largest absolute Gasteiger partial charge is 0.372 e. The topological polar surface area (TPSA) is 47.9 Å². The first-order chi connectivity index (χ1) is 20.4. The molecule has 0 atom stereocenters. The van der Waals surface area contributed by atoms with E-state index in [0.717, 1.165) is 104 Å². The summed E-state index contributed by atoms with van der Waals surface area (Å²) in [5.41, 5.74) is 7.55. The van der Waals surface area contributed by atoms with Gasteiger partial charge < -0.3 is 15.1 Å². The number of aliphatic imine (C=N–C) groups is 1. The standard InChI is InChI=1S/C33H44N4O.C4H10.2H2/c1-5-8-19-36(18-7-3)25(4)30-22-29-16-15-28(23-31(29)35-32(24-30)34-17-6-2)26-11-13-27(14-12-26)33(38)37-20-9-10-21-37;1-3-4-2;;/h11-16,22-23H,4-10,17-21,24H2,1-3H3,(H,34,35);3-4H2,1-2H3;2*1H. The Labute approximate surface area is 258 Å². The van der Waals surface area contributed by atoms with Crippen molar-refractivity contribution in [2.45, 2.75) is 92.4 Å². The summed E-state index contributed by atoms with van der Waals surface area (Å²) in [5, 5.41) is 3.65. The quantitative estimate of drug-likeness (QED) is 0.274. The fraction of sp³-hybridized carbons (Fsp3) is 0.514. The van der Waals surface area contributed by atoms with Crippen LogP contribution in [-0.2, 0) is 0 Å². The fourth-order valence-corrected chi connectivity index (χ4v) is 5.23. The zero-order valence-electron chi connectivity index (χ0n) is 27.0. The number of benzene rings is 2. The van der Waals surface area contributed by atoms with E-state index in [-0.39, 0.29) is 8.76 Å². The van der Waals surface area contributed by atoms with Gasteiger partial charge in [0.1, 0.15) is 5.84 Å².